The molecule has 2 aromatic rings. The average Bonchev–Trinajstić information content (AvgIpc) is 2.99. The van der Waals surface area contributed by atoms with Gasteiger partial charge in [-0.05, 0) is 19.9 Å². The summed E-state index contributed by atoms with van der Waals surface area (Å²) in [5.74, 6) is -2.11. The number of esters is 1. The van der Waals surface area contributed by atoms with Crippen LogP contribution in [-0.2, 0) is 10.9 Å². The van der Waals surface area contributed by atoms with Gasteiger partial charge in [0, 0.05) is 17.2 Å². The molecule has 0 fully saturated rings. The lowest BCUT2D eigenvalue weighted by Gasteiger charge is -2.06. The molecule has 1 heterocycles. The van der Waals surface area contributed by atoms with Gasteiger partial charge in [0.25, 0.3) is 11.6 Å². The zero-order valence-corrected chi connectivity index (χ0v) is 14.7. The molecule has 12 heteroatoms. The van der Waals surface area contributed by atoms with Crippen LogP contribution in [0.3, 0.4) is 0 Å². The lowest BCUT2D eigenvalue weighted by Crippen LogP contribution is -2.15. The topological polar surface area (TPSA) is 111 Å². The maximum atomic E-state index is 13.1. The van der Waals surface area contributed by atoms with Crippen molar-refractivity contribution in [3.63, 3.8) is 0 Å². The molecule has 27 heavy (non-hydrogen) atoms. The van der Waals surface area contributed by atoms with Crippen molar-refractivity contribution in [1.29, 1.82) is 0 Å². The molecule has 0 saturated heterocycles. The number of anilines is 1. The van der Waals surface area contributed by atoms with Crippen LogP contribution in [0.1, 0.15) is 38.2 Å². The minimum atomic E-state index is -4.93. The molecule has 0 unspecified atom stereocenters. The Bertz CT molecular complexity index is 911. The minimum Gasteiger partial charge on any atom is -0.462 e. The molecule has 0 bridgehead atoms. The highest BCUT2D eigenvalue weighted by molar-refractivity contribution is 7.17. The normalized spacial score (nSPS) is 11.1. The second-order valence-corrected chi connectivity index (χ2v) is 6.07. The zero-order valence-electron chi connectivity index (χ0n) is 13.9. The number of aromatic nitrogens is 1. The molecule has 0 atom stereocenters. The van der Waals surface area contributed by atoms with Gasteiger partial charge in [-0.2, -0.15) is 13.2 Å². The highest BCUT2D eigenvalue weighted by atomic mass is 32.1. The summed E-state index contributed by atoms with van der Waals surface area (Å²) >= 11 is 0.302. The third-order valence-corrected chi connectivity index (χ3v) is 4.27. The molecule has 0 aliphatic rings. The highest BCUT2D eigenvalue weighted by Gasteiger charge is 2.40. The van der Waals surface area contributed by atoms with Crippen molar-refractivity contribution in [3.8, 4) is 0 Å². The molecule has 8 nitrogen and oxygen atoms in total. The molecule has 0 saturated carbocycles. The third-order valence-electron chi connectivity index (χ3n) is 3.32. The van der Waals surface area contributed by atoms with Crippen LogP contribution in [0.2, 0.25) is 0 Å². The van der Waals surface area contributed by atoms with E-state index in [0.717, 1.165) is 0 Å². The number of alkyl halides is 3. The first-order valence-corrected chi connectivity index (χ1v) is 8.18. The quantitative estimate of drug-likeness (QED) is 0.462. The van der Waals surface area contributed by atoms with Gasteiger partial charge in [0.05, 0.1) is 11.5 Å². The van der Waals surface area contributed by atoms with Crippen molar-refractivity contribution < 1.29 is 32.4 Å². The van der Waals surface area contributed by atoms with E-state index in [1.54, 1.807) is 0 Å². The SMILES string of the molecule is CCOC(=O)c1sc(NC(=O)c2cccc([N+](=O)[O-])c2C)nc1C(F)(F)F. The number of hydrogen-bond acceptors (Lipinski definition) is 7. The van der Waals surface area contributed by atoms with Crippen molar-refractivity contribution in [2.45, 2.75) is 20.0 Å². The van der Waals surface area contributed by atoms with Crippen molar-refractivity contribution in [3.05, 3.63) is 50.0 Å². The van der Waals surface area contributed by atoms with Crippen molar-refractivity contribution >= 4 is 34.0 Å². The number of nitro groups is 1. The van der Waals surface area contributed by atoms with E-state index in [1.165, 1.54) is 32.0 Å². The molecule has 2 rings (SSSR count). The number of amides is 1. The van der Waals surface area contributed by atoms with Crippen molar-refractivity contribution in [2.75, 3.05) is 11.9 Å². The Morgan fingerprint density at radius 1 is 1.37 bits per heavy atom. The lowest BCUT2D eigenvalue weighted by atomic mass is 10.1. The molecule has 0 aliphatic carbocycles. The molecule has 1 aromatic carbocycles. The standard InChI is InChI=1S/C15H12F3N3O5S/c1-3-26-13(23)10-11(15(16,17)18)19-14(27-10)20-12(22)8-5-4-6-9(7(8)2)21(24)25/h4-6H,3H2,1-2H3,(H,19,20,22). The number of thiazole rings is 1. The summed E-state index contributed by atoms with van der Waals surface area (Å²) in [5.41, 5.74) is -1.86. The Labute approximate surface area is 154 Å². The first kappa shape index (κ1) is 20.3. The first-order chi connectivity index (χ1) is 12.6. The molecule has 1 aromatic heterocycles. The number of nitrogens with one attached hydrogen (secondary N) is 1. The van der Waals surface area contributed by atoms with E-state index in [4.69, 9.17) is 0 Å². The largest absolute Gasteiger partial charge is 0.462 e. The Balaban J connectivity index is 2.38. The van der Waals surface area contributed by atoms with Gasteiger partial charge in [-0.1, -0.05) is 17.4 Å². The van der Waals surface area contributed by atoms with Crippen LogP contribution in [-0.4, -0.2) is 28.4 Å². The summed E-state index contributed by atoms with van der Waals surface area (Å²) in [4.78, 5) is 36.7. The zero-order chi connectivity index (χ0) is 20.4. The van der Waals surface area contributed by atoms with Crippen LogP contribution in [0.15, 0.2) is 18.2 Å². The monoisotopic (exact) mass is 403 g/mol. The average molecular weight is 403 g/mol. The number of hydrogen-bond donors (Lipinski definition) is 1. The number of ether oxygens (including phenoxy) is 1. The van der Waals surface area contributed by atoms with Gasteiger partial charge in [0.2, 0.25) is 0 Å². The van der Waals surface area contributed by atoms with Crippen LogP contribution >= 0.6 is 11.3 Å². The molecule has 0 spiro atoms. The molecule has 0 aliphatic heterocycles. The fourth-order valence-electron chi connectivity index (χ4n) is 2.13. The third kappa shape index (κ3) is 4.39. The van der Waals surface area contributed by atoms with Crippen LogP contribution in [0.5, 0.6) is 0 Å². The molecule has 0 radical (unpaired) electrons. The Kier molecular flexibility index (Phi) is 5.78. The van der Waals surface area contributed by atoms with E-state index < -0.39 is 38.7 Å². The number of benzene rings is 1. The van der Waals surface area contributed by atoms with Gasteiger partial charge in [-0.15, -0.1) is 0 Å². The van der Waals surface area contributed by atoms with E-state index in [0.29, 0.717) is 11.3 Å². The summed E-state index contributed by atoms with van der Waals surface area (Å²) in [5, 5.41) is 12.6. The predicted molar refractivity (Wildman–Crippen MR) is 88.9 cm³/mol. The first-order valence-electron chi connectivity index (χ1n) is 7.36. The van der Waals surface area contributed by atoms with Gasteiger partial charge in [-0.3, -0.25) is 20.2 Å². The second kappa shape index (κ2) is 7.70. The summed E-state index contributed by atoms with van der Waals surface area (Å²) in [7, 11) is 0. The van der Waals surface area contributed by atoms with Crippen LogP contribution in [0.25, 0.3) is 0 Å². The minimum absolute atomic E-state index is 0.0400. The van der Waals surface area contributed by atoms with E-state index in [9.17, 15) is 32.9 Å². The van der Waals surface area contributed by atoms with Gasteiger partial charge >= 0.3 is 12.1 Å². The predicted octanol–water partition coefficient (Wildman–Crippen LogP) is 3.81. The van der Waals surface area contributed by atoms with Crippen LogP contribution < -0.4 is 5.32 Å². The summed E-state index contributed by atoms with van der Waals surface area (Å²) in [6.07, 6.45) is -4.93. The van der Waals surface area contributed by atoms with E-state index >= 15 is 0 Å². The van der Waals surface area contributed by atoms with Gasteiger partial charge < -0.3 is 4.74 Å². The van der Waals surface area contributed by atoms with Crippen LogP contribution in [0.4, 0.5) is 24.0 Å². The van der Waals surface area contributed by atoms with Crippen LogP contribution in [0, 0.1) is 17.0 Å². The maximum Gasteiger partial charge on any atom is 0.435 e. The molecule has 1 N–H and O–H groups in total. The molecule has 144 valence electrons. The van der Waals surface area contributed by atoms with Crippen molar-refractivity contribution in [1.82, 2.24) is 4.98 Å². The summed E-state index contributed by atoms with van der Waals surface area (Å²) in [6, 6.07) is 3.74. The Morgan fingerprint density at radius 2 is 2.04 bits per heavy atom. The Morgan fingerprint density at radius 3 is 2.59 bits per heavy atom. The fraction of sp³-hybridized carbons (Fsp3) is 0.267. The number of halogens is 3. The highest BCUT2D eigenvalue weighted by Crippen LogP contribution is 2.36. The number of nitrogens with zero attached hydrogens (tertiary/aromatic N) is 2. The van der Waals surface area contributed by atoms with E-state index in [1.807, 2.05) is 0 Å². The van der Waals surface area contributed by atoms with Gasteiger partial charge in [0.15, 0.2) is 10.8 Å². The van der Waals surface area contributed by atoms with Gasteiger partial charge in [0.1, 0.15) is 4.88 Å². The van der Waals surface area contributed by atoms with Gasteiger partial charge in [-0.25, -0.2) is 9.78 Å². The van der Waals surface area contributed by atoms with Crippen molar-refractivity contribution in [2.24, 2.45) is 0 Å². The Hall–Kier alpha value is -3.02. The summed E-state index contributed by atoms with van der Waals surface area (Å²) in [6.45, 7) is 2.63. The number of nitro benzene ring substituents is 1. The molecular weight excluding hydrogens is 391 g/mol. The fourth-order valence-corrected chi connectivity index (χ4v) is 3.01. The number of rotatable bonds is 5. The molecular formula is C15H12F3N3O5S. The van der Waals surface area contributed by atoms with E-state index in [2.05, 4.69) is 15.0 Å². The van der Waals surface area contributed by atoms with E-state index in [-0.39, 0.29) is 23.4 Å². The number of carbonyl (C=O) groups is 2. The smallest absolute Gasteiger partial charge is 0.435 e. The lowest BCUT2D eigenvalue weighted by molar-refractivity contribution is -0.385. The molecule has 1 amide bonds. The number of carbonyl (C=O) groups excluding carboxylic acids is 2. The maximum absolute atomic E-state index is 13.1. The summed E-state index contributed by atoms with van der Waals surface area (Å²) < 4.78 is 43.8. The second-order valence-electron chi connectivity index (χ2n) is 5.08.